The van der Waals surface area contributed by atoms with Crippen molar-refractivity contribution >= 4 is 77.4 Å². The molecule has 4 rings (SSSR count). The number of phenolic OH excluding ortho intramolecular Hbond substituents is 2. The summed E-state index contributed by atoms with van der Waals surface area (Å²) in [5, 5.41) is 52.4. The van der Waals surface area contributed by atoms with Gasteiger partial charge in [0.2, 0.25) is 5.91 Å². The number of sulfone groups is 2. The molecule has 0 unspecified atom stereocenters. The summed E-state index contributed by atoms with van der Waals surface area (Å²) in [4.78, 5) is 24.7. The van der Waals surface area contributed by atoms with Gasteiger partial charge in [0.15, 0.2) is 25.4 Å². The number of aliphatic hydroxyl groups is 2. The number of aromatic hydroxyl groups is 2. The van der Waals surface area contributed by atoms with Crippen LogP contribution in [0, 0.1) is 0 Å². The first-order valence-corrected chi connectivity index (χ1v) is 20.3. The Labute approximate surface area is 349 Å². The van der Waals surface area contributed by atoms with E-state index < -0.39 is 48.7 Å². The van der Waals surface area contributed by atoms with Crippen molar-refractivity contribution < 1.29 is 63.6 Å². The third-order valence-electron chi connectivity index (χ3n) is 7.30. The molecule has 0 aromatic heterocycles. The number of azo groups is 1. The number of carbonyl (C=O) groups is 2. The summed E-state index contributed by atoms with van der Waals surface area (Å²) in [6, 6.07) is 20.2. The van der Waals surface area contributed by atoms with Crippen molar-refractivity contribution in [2.45, 2.75) is 37.5 Å². The molecule has 2 amide bonds. The summed E-state index contributed by atoms with van der Waals surface area (Å²) in [5.74, 6) is -3.21. The number of allylic oxidation sites excluding steroid dienone is 2. The van der Waals surface area contributed by atoms with Crippen LogP contribution in [-0.4, -0.2) is 60.6 Å². The van der Waals surface area contributed by atoms with Crippen molar-refractivity contribution in [1.29, 1.82) is 0 Å². The summed E-state index contributed by atoms with van der Waals surface area (Å²) >= 11 is 12.0. The van der Waals surface area contributed by atoms with Gasteiger partial charge in [0.25, 0.3) is 5.91 Å². The predicted molar refractivity (Wildman–Crippen MR) is 214 cm³/mol. The van der Waals surface area contributed by atoms with Crippen molar-refractivity contribution in [1.82, 2.24) is 0 Å². The minimum atomic E-state index is -3.52. The van der Waals surface area contributed by atoms with Gasteiger partial charge in [-0.25, -0.2) is 16.8 Å². The van der Waals surface area contributed by atoms with Crippen LogP contribution in [0.25, 0.3) is 5.43 Å². The first-order valence-electron chi connectivity index (χ1n) is 16.2. The summed E-state index contributed by atoms with van der Waals surface area (Å²) in [7, 11) is -7.02. The van der Waals surface area contributed by atoms with Gasteiger partial charge in [-0.1, -0.05) is 61.3 Å². The monoisotopic (exact) mass is 906 g/mol. The summed E-state index contributed by atoms with van der Waals surface area (Å²) < 4.78 is 47.9. The molecule has 307 valence electrons. The zero-order chi connectivity index (χ0) is 41.8. The van der Waals surface area contributed by atoms with Crippen LogP contribution in [0.15, 0.2) is 128 Å². The minimum Gasteiger partial charge on any atom is -0.590 e. The van der Waals surface area contributed by atoms with E-state index in [0.717, 1.165) is 12.1 Å². The van der Waals surface area contributed by atoms with Crippen molar-refractivity contribution in [2.75, 3.05) is 27.6 Å². The third kappa shape index (κ3) is 13.4. The largest absolute Gasteiger partial charge is 0.590 e. The number of rotatable bonds is 13. The second-order valence-electron chi connectivity index (χ2n) is 11.3. The number of amides is 2. The van der Waals surface area contributed by atoms with Crippen LogP contribution in [0.4, 0.5) is 22.7 Å². The number of hydrogen-bond acceptors (Lipinski definition) is 13. The first kappa shape index (κ1) is 47.8. The zero-order valence-electron chi connectivity index (χ0n) is 30.5. The van der Waals surface area contributed by atoms with Gasteiger partial charge in [-0.2, -0.15) is 0 Å². The van der Waals surface area contributed by atoms with Gasteiger partial charge in [-0.3, -0.25) is 9.59 Å². The summed E-state index contributed by atoms with van der Waals surface area (Å²) in [6.07, 6.45) is 0. The van der Waals surface area contributed by atoms with Crippen molar-refractivity contribution in [3.8, 4) is 11.5 Å². The van der Waals surface area contributed by atoms with Crippen LogP contribution in [-0.2, 0) is 46.0 Å². The smallest absolute Gasteiger partial charge is 0.279 e. The molecule has 57 heavy (non-hydrogen) atoms. The zero-order valence-corrected chi connectivity index (χ0v) is 34.7. The Morgan fingerprint density at radius 1 is 0.684 bits per heavy atom. The molecule has 1 radical (unpaired) electrons. The molecule has 0 atom stereocenters. The number of benzene rings is 4. The van der Waals surface area contributed by atoms with E-state index in [1.54, 1.807) is 48.5 Å². The van der Waals surface area contributed by atoms with E-state index in [4.69, 9.17) is 23.2 Å². The first-order chi connectivity index (χ1) is 26.3. The van der Waals surface area contributed by atoms with Gasteiger partial charge in [0.1, 0.15) is 22.9 Å². The summed E-state index contributed by atoms with van der Waals surface area (Å²) in [6.45, 7) is 5.47. The number of carbonyl (C=O) groups excluding carboxylic acids is 2. The van der Waals surface area contributed by atoms with Gasteiger partial charge in [-0.05, 0) is 80.2 Å². The third-order valence-corrected chi connectivity index (χ3v) is 11.4. The predicted octanol–water partition coefficient (Wildman–Crippen LogP) is 8.32. The minimum absolute atomic E-state index is 0. The van der Waals surface area contributed by atoms with Crippen LogP contribution < -0.4 is 16.1 Å². The van der Waals surface area contributed by atoms with Crippen molar-refractivity contribution in [3.05, 3.63) is 123 Å². The Morgan fingerprint density at radius 3 is 1.63 bits per heavy atom. The second kappa shape index (κ2) is 21.3. The van der Waals surface area contributed by atoms with Gasteiger partial charge >= 0.3 is 0 Å². The second-order valence-corrected chi connectivity index (χ2v) is 16.7. The fraction of sp³-hybridized carbons (Fsp3) is 0.167. The normalized spacial score (nSPS) is 12.2. The van der Waals surface area contributed by atoms with E-state index in [0.29, 0.717) is 16.4 Å². The number of aliphatic hydroxyl groups excluding tert-OH is 2. The Bertz CT molecular complexity index is 2420. The Balaban J connectivity index is 0.000000387. The molecule has 4 aromatic carbocycles. The maximum atomic E-state index is 12.4. The van der Waals surface area contributed by atoms with E-state index >= 15 is 0 Å². The van der Waals surface area contributed by atoms with E-state index in [-0.39, 0.29) is 71.7 Å². The topological polar surface area (TPSA) is 258 Å². The molecule has 7 N–H and O–H groups in total. The van der Waals surface area contributed by atoms with Crippen LogP contribution in [0.1, 0.15) is 27.7 Å². The molecule has 0 aliphatic heterocycles. The molecule has 0 saturated carbocycles. The fourth-order valence-corrected chi connectivity index (χ4v) is 6.37. The molecule has 0 heterocycles. The average molecular weight is 908 g/mol. The summed E-state index contributed by atoms with van der Waals surface area (Å²) in [5.41, 5.74) is 5.83. The molecule has 0 spiro atoms. The van der Waals surface area contributed by atoms with Crippen LogP contribution in [0.2, 0.25) is 10.0 Å². The maximum Gasteiger partial charge on any atom is 0.279 e. The fourth-order valence-electron chi connectivity index (χ4n) is 4.19. The van der Waals surface area contributed by atoms with Crippen molar-refractivity contribution in [3.63, 3.8) is 0 Å². The Kier molecular flexibility index (Phi) is 17.9. The van der Waals surface area contributed by atoms with E-state index in [1.165, 1.54) is 52.0 Å². The van der Waals surface area contributed by atoms with E-state index in [2.05, 4.69) is 31.7 Å². The molecule has 4 aromatic rings. The van der Waals surface area contributed by atoms with Gasteiger partial charge < -0.3 is 41.9 Å². The molecule has 0 fully saturated rings. The maximum absolute atomic E-state index is 12.4. The molecule has 0 aliphatic rings. The molecule has 16 nitrogen and oxygen atoms in total. The number of phenols is 2. The van der Waals surface area contributed by atoms with E-state index in [1.807, 2.05) is 0 Å². The molecular weight excluding hydrogens is 870 g/mol. The standard InChI is InChI=1S/C18H19ClN3O5S.C18H18ClN3O5S.Co/c2*1-3-28(26,27)12-8-9-16(24)15(10-12)21-22-17(11(2)23)18(25)20-14-7-5-4-6-13(14)19;/h4-10,21,24H,3H2,1-2H3,(H2,20,23,25);4-10,23-24H,3H2,1-2H3,(H,20,25);/q-1;;/b;17-11-,22-21?;. The SMILES string of the molecule is CCS(=O)(=O)c1ccc(O)c(N=N/C(C(=O)Nc2ccccc2Cl)=C(/C)O)c1.CCS(=O)(=O)c1ccc(O)c(N[N-]/C(C(=O)Nc2ccccc2Cl)=C(/C)O)c1.[Co]. The van der Waals surface area contributed by atoms with E-state index in [9.17, 15) is 46.9 Å². The molecule has 0 saturated heterocycles. The van der Waals surface area contributed by atoms with Crippen LogP contribution in [0.5, 0.6) is 11.5 Å². The average Bonchev–Trinajstić information content (AvgIpc) is 3.15. The Hall–Kier alpha value is -5.31. The van der Waals surface area contributed by atoms with Gasteiger partial charge in [0.05, 0.1) is 54.2 Å². The quantitative estimate of drug-likeness (QED) is 0.0221. The number of nitrogens with zero attached hydrogens (tertiary/aromatic N) is 3. The number of anilines is 3. The van der Waals surface area contributed by atoms with Gasteiger partial charge in [-0.15, -0.1) is 10.2 Å². The number of para-hydroxylation sites is 2. The molecular formula is C36H37Cl2CoN6O10S2-. The molecule has 0 bridgehead atoms. The number of hydrogen-bond donors (Lipinski definition) is 7. The molecule has 0 aliphatic carbocycles. The van der Waals surface area contributed by atoms with Crippen LogP contribution >= 0.6 is 23.2 Å². The molecule has 21 heteroatoms. The number of halogens is 2. The van der Waals surface area contributed by atoms with Crippen molar-refractivity contribution in [2.24, 2.45) is 10.2 Å². The van der Waals surface area contributed by atoms with Gasteiger partial charge in [0, 0.05) is 16.8 Å². The van der Waals surface area contributed by atoms with Crippen LogP contribution in [0.3, 0.4) is 0 Å². The Morgan fingerprint density at radius 2 is 1.16 bits per heavy atom. The number of nitrogens with one attached hydrogen (secondary N) is 3.